The first kappa shape index (κ1) is 20.9. The van der Waals surface area contributed by atoms with Crippen LogP contribution in [0.2, 0.25) is 0 Å². The largest absolute Gasteiger partial charge is 0.333 e. The Hall–Kier alpha value is -2.86. The number of hydrogen-bond donors (Lipinski definition) is 2. The molecule has 0 radical (unpaired) electrons. The fourth-order valence-corrected chi connectivity index (χ4v) is 3.97. The molecule has 1 saturated heterocycles. The topological polar surface area (TPSA) is 64.7 Å². The van der Waals surface area contributed by atoms with Crippen molar-refractivity contribution in [3.8, 4) is 0 Å². The molecule has 0 aliphatic carbocycles. The van der Waals surface area contributed by atoms with Crippen molar-refractivity contribution in [2.75, 3.05) is 30.9 Å². The number of carbonyl (C=O) groups excluding carboxylic acids is 2. The summed E-state index contributed by atoms with van der Waals surface area (Å²) >= 11 is 0. The van der Waals surface area contributed by atoms with Gasteiger partial charge in [-0.1, -0.05) is 36.4 Å². The summed E-state index contributed by atoms with van der Waals surface area (Å²) in [6, 6.07) is 17.3. The highest BCUT2D eigenvalue weighted by molar-refractivity contribution is 5.95. The van der Waals surface area contributed by atoms with Crippen molar-refractivity contribution in [3.63, 3.8) is 0 Å². The number of likely N-dealkylation sites (N-methyl/N-ethyl adjacent to an activating group) is 1. The molecule has 2 aromatic carbocycles. The van der Waals surface area contributed by atoms with Crippen LogP contribution in [0.5, 0.6) is 0 Å². The van der Waals surface area contributed by atoms with E-state index in [1.54, 1.807) is 4.90 Å². The van der Waals surface area contributed by atoms with Crippen molar-refractivity contribution < 1.29 is 9.59 Å². The lowest BCUT2D eigenvalue weighted by atomic mass is 9.99. The van der Waals surface area contributed by atoms with E-state index in [1.807, 2.05) is 63.5 Å². The average molecular weight is 395 g/mol. The van der Waals surface area contributed by atoms with Crippen LogP contribution < -0.4 is 15.5 Å². The highest BCUT2D eigenvalue weighted by Gasteiger charge is 2.23. The van der Waals surface area contributed by atoms with Gasteiger partial charge in [-0.25, -0.2) is 4.79 Å². The van der Waals surface area contributed by atoms with E-state index < -0.39 is 0 Å². The van der Waals surface area contributed by atoms with E-state index in [4.69, 9.17) is 0 Å². The maximum atomic E-state index is 12.6. The molecule has 6 heteroatoms. The van der Waals surface area contributed by atoms with E-state index in [1.165, 1.54) is 0 Å². The van der Waals surface area contributed by atoms with E-state index in [9.17, 15) is 9.59 Å². The summed E-state index contributed by atoms with van der Waals surface area (Å²) < 4.78 is 0. The maximum Gasteiger partial charge on any atom is 0.319 e. The molecule has 1 aliphatic heterocycles. The van der Waals surface area contributed by atoms with Crippen LogP contribution in [-0.2, 0) is 4.79 Å². The fourth-order valence-electron chi connectivity index (χ4n) is 3.97. The summed E-state index contributed by atoms with van der Waals surface area (Å²) in [6.07, 6.45) is 2.54. The lowest BCUT2D eigenvalue weighted by molar-refractivity contribution is -0.119. The molecule has 3 rings (SSSR count). The lowest BCUT2D eigenvalue weighted by Crippen LogP contribution is -2.44. The van der Waals surface area contributed by atoms with Crippen LogP contribution in [0.1, 0.15) is 37.8 Å². The van der Waals surface area contributed by atoms with Crippen LogP contribution >= 0.6 is 0 Å². The van der Waals surface area contributed by atoms with Crippen LogP contribution in [0.15, 0.2) is 54.6 Å². The van der Waals surface area contributed by atoms with Gasteiger partial charge in [0.2, 0.25) is 5.91 Å². The standard InChI is InChI=1S/C23H30N4O2/c1-17(22(26(2)3)18-10-5-4-6-11-18)24-23(29)25-19-12-9-13-20(16-19)27-15-8-7-14-21(27)28/h4-6,9-13,16-17,22H,7-8,14-15H2,1-3H3,(H2,24,25,29)/t17-,22-/m0/s1. The minimum absolute atomic E-state index is 0.0549. The molecular formula is C23H30N4O2. The molecule has 0 spiro atoms. The van der Waals surface area contributed by atoms with Gasteiger partial charge in [-0.15, -0.1) is 0 Å². The predicted molar refractivity (Wildman–Crippen MR) is 117 cm³/mol. The van der Waals surface area contributed by atoms with Gasteiger partial charge in [-0.3, -0.25) is 4.79 Å². The fraction of sp³-hybridized carbons (Fsp3) is 0.391. The highest BCUT2D eigenvalue weighted by Crippen LogP contribution is 2.25. The van der Waals surface area contributed by atoms with Crippen LogP contribution in [0.25, 0.3) is 0 Å². The van der Waals surface area contributed by atoms with Crippen LogP contribution in [0, 0.1) is 0 Å². The van der Waals surface area contributed by atoms with Gasteiger partial charge in [0.05, 0.1) is 6.04 Å². The lowest BCUT2D eigenvalue weighted by Gasteiger charge is -2.31. The zero-order valence-corrected chi connectivity index (χ0v) is 17.4. The average Bonchev–Trinajstić information content (AvgIpc) is 2.69. The molecule has 1 fully saturated rings. The summed E-state index contributed by atoms with van der Waals surface area (Å²) in [6.45, 7) is 2.73. The number of piperidine rings is 1. The molecule has 3 amide bonds. The molecule has 1 heterocycles. The molecular weight excluding hydrogens is 364 g/mol. The Labute approximate surface area is 172 Å². The van der Waals surface area contributed by atoms with Gasteiger partial charge >= 0.3 is 6.03 Å². The van der Waals surface area contributed by atoms with E-state index in [0.717, 1.165) is 30.6 Å². The zero-order valence-electron chi connectivity index (χ0n) is 17.4. The second-order valence-corrected chi connectivity index (χ2v) is 7.76. The number of nitrogens with one attached hydrogen (secondary N) is 2. The van der Waals surface area contributed by atoms with Crippen molar-refractivity contribution in [2.45, 2.75) is 38.3 Å². The van der Waals surface area contributed by atoms with Crippen LogP contribution in [0.3, 0.4) is 0 Å². The van der Waals surface area contributed by atoms with Crippen molar-refractivity contribution in [1.29, 1.82) is 0 Å². The molecule has 154 valence electrons. The van der Waals surface area contributed by atoms with Gasteiger partial charge in [-0.05, 0) is 57.6 Å². The third-order valence-electron chi connectivity index (χ3n) is 5.27. The molecule has 0 aromatic heterocycles. The van der Waals surface area contributed by atoms with Crippen LogP contribution in [0.4, 0.5) is 16.2 Å². The second kappa shape index (κ2) is 9.56. The summed E-state index contributed by atoms with van der Waals surface area (Å²) in [5.41, 5.74) is 2.65. The zero-order chi connectivity index (χ0) is 20.8. The molecule has 0 bridgehead atoms. The number of anilines is 2. The molecule has 29 heavy (non-hydrogen) atoms. The molecule has 6 nitrogen and oxygen atoms in total. The minimum Gasteiger partial charge on any atom is -0.333 e. The molecule has 2 N–H and O–H groups in total. The summed E-state index contributed by atoms with van der Waals surface area (Å²) in [5.74, 6) is 0.142. The SMILES string of the molecule is C[C@H](NC(=O)Nc1cccc(N2CCCCC2=O)c1)[C@@H](c1ccccc1)N(C)C. The normalized spacial score (nSPS) is 16.4. The number of amides is 3. The first-order valence-electron chi connectivity index (χ1n) is 10.1. The monoisotopic (exact) mass is 394 g/mol. The number of nitrogens with zero attached hydrogens (tertiary/aromatic N) is 2. The molecule has 0 unspecified atom stereocenters. The van der Waals surface area contributed by atoms with Crippen molar-refractivity contribution in [1.82, 2.24) is 10.2 Å². The number of rotatable bonds is 6. The van der Waals surface area contributed by atoms with Gasteiger partial charge in [0, 0.05) is 30.4 Å². The number of carbonyl (C=O) groups is 2. The summed E-state index contributed by atoms with van der Waals surface area (Å²) in [5, 5.41) is 5.95. The molecule has 2 atom stereocenters. The predicted octanol–water partition coefficient (Wildman–Crippen LogP) is 4.02. The van der Waals surface area contributed by atoms with Gasteiger partial charge in [-0.2, -0.15) is 0 Å². The minimum atomic E-state index is -0.262. The number of urea groups is 1. The van der Waals surface area contributed by atoms with E-state index in [0.29, 0.717) is 12.1 Å². The highest BCUT2D eigenvalue weighted by atomic mass is 16.2. The van der Waals surface area contributed by atoms with Crippen molar-refractivity contribution in [3.05, 3.63) is 60.2 Å². The van der Waals surface area contributed by atoms with Gasteiger partial charge in [0.25, 0.3) is 0 Å². The Morgan fingerprint density at radius 2 is 1.83 bits per heavy atom. The third-order valence-corrected chi connectivity index (χ3v) is 5.27. The van der Waals surface area contributed by atoms with Crippen molar-refractivity contribution >= 4 is 23.3 Å². The quantitative estimate of drug-likeness (QED) is 0.778. The van der Waals surface area contributed by atoms with E-state index >= 15 is 0 Å². The molecule has 0 saturated carbocycles. The second-order valence-electron chi connectivity index (χ2n) is 7.76. The van der Waals surface area contributed by atoms with Crippen LogP contribution in [-0.4, -0.2) is 43.5 Å². The van der Waals surface area contributed by atoms with Gasteiger partial charge < -0.3 is 20.4 Å². The Kier molecular flexibility index (Phi) is 6.88. The first-order valence-corrected chi connectivity index (χ1v) is 10.1. The van der Waals surface area contributed by atoms with Gasteiger partial charge in [0.15, 0.2) is 0 Å². The Bertz CT molecular complexity index is 838. The molecule has 2 aromatic rings. The van der Waals surface area contributed by atoms with Gasteiger partial charge in [0.1, 0.15) is 0 Å². The first-order chi connectivity index (χ1) is 14.0. The third kappa shape index (κ3) is 5.35. The van der Waals surface area contributed by atoms with E-state index in [2.05, 4.69) is 27.7 Å². The summed E-state index contributed by atoms with van der Waals surface area (Å²) in [7, 11) is 4.01. The Balaban J connectivity index is 1.65. The maximum absolute atomic E-state index is 12.6. The van der Waals surface area contributed by atoms with Crippen molar-refractivity contribution in [2.24, 2.45) is 0 Å². The molecule has 1 aliphatic rings. The number of hydrogen-bond acceptors (Lipinski definition) is 3. The smallest absolute Gasteiger partial charge is 0.319 e. The summed E-state index contributed by atoms with van der Waals surface area (Å²) in [4.78, 5) is 28.7. The Morgan fingerprint density at radius 1 is 1.07 bits per heavy atom. The van der Waals surface area contributed by atoms with E-state index in [-0.39, 0.29) is 24.0 Å². The Morgan fingerprint density at radius 3 is 2.52 bits per heavy atom. The number of benzene rings is 2.